The maximum atomic E-state index is 5.37. The number of pyridine rings is 1. The number of aromatic nitrogens is 7. The summed E-state index contributed by atoms with van der Waals surface area (Å²) in [6, 6.07) is 61.6. The van der Waals surface area contributed by atoms with Crippen molar-refractivity contribution >= 4 is 65.4 Å². The van der Waals surface area contributed by atoms with Gasteiger partial charge in [-0.1, -0.05) is 115 Å². The Balaban J connectivity index is 1.12. The van der Waals surface area contributed by atoms with Crippen molar-refractivity contribution in [2.75, 3.05) is 0 Å². The maximum absolute atomic E-state index is 5.37. The molecule has 0 N–H and O–H groups in total. The van der Waals surface area contributed by atoms with E-state index >= 15 is 0 Å². The highest BCUT2D eigenvalue weighted by Crippen LogP contribution is 2.39. The monoisotopic (exact) mass is 729 g/mol. The number of hydrogen-bond donors (Lipinski definition) is 0. The van der Waals surface area contributed by atoms with Gasteiger partial charge in [-0.3, -0.25) is 9.55 Å². The van der Waals surface area contributed by atoms with Gasteiger partial charge in [0.2, 0.25) is 5.95 Å². The molecule has 266 valence electrons. The summed E-state index contributed by atoms with van der Waals surface area (Å²) in [5.41, 5.74) is 10.4. The molecule has 0 radical (unpaired) electrons. The predicted octanol–water partition coefficient (Wildman–Crippen LogP) is 11.9. The van der Waals surface area contributed by atoms with Crippen LogP contribution in [0.1, 0.15) is 0 Å². The van der Waals surface area contributed by atoms with Crippen LogP contribution in [-0.2, 0) is 0 Å². The Kier molecular flexibility index (Phi) is 6.79. The molecule has 0 atom stereocenters. The lowest BCUT2D eigenvalue weighted by Crippen LogP contribution is -2.07. The molecule has 57 heavy (non-hydrogen) atoms. The highest BCUT2D eigenvalue weighted by atomic mass is 15.2. The molecule has 0 amide bonds. The van der Waals surface area contributed by atoms with Gasteiger partial charge in [0.1, 0.15) is 0 Å². The van der Waals surface area contributed by atoms with Crippen LogP contribution in [0.2, 0.25) is 0 Å². The van der Waals surface area contributed by atoms with Crippen LogP contribution in [0, 0.1) is 0 Å². The first kappa shape index (κ1) is 31.5. The SMILES string of the molecule is c1ccc(-c2nc(-c3ccccc3-n3c4ccccc4c4cnccc43)nc(-n3c4ccccc4c4cc(-n5c6ccccc6c6ccccc65)ccc43)n2)cc1. The minimum Gasteiger partial charge on any atom is -0.309 e. The smallest absolute Gasteiger partial charge is 0.238 e. The van der Waals surface area contributed by atoms with E-state index in [1.165, 1.54) is 21.8 Å². The van der Waals surface area contributed by atoms with Crippen LogP contribution in [0.3, 0.4) is 0 Å². The quantitative estimate of drug-likeness (QED) is 0.177. The van der Waals surface area contributed by atoms with Crippen molar-refractivity contribution in [1.29, 1.82) is 0 Å². The van der Waals surface area contributed by atoms with Gasteiger partial charge >= 0.3 is 0 Å². The van der Waals surface area contributed by atoms with Crippen molar-refractivity contribution < 1.29 is 0 Å². The van der Waals surface area contributed by atoms with Gasteiger partial charge in [0.25, 0.3) is 0 Å². The fourth-order valence-electron chi connectivity index (χ4n) is 8.75. The van der Waals surface area contributed by atoms with Crippen molar-refractivity contribution in [2.45, 2.75) is 0 Å². The van der Waals surface area contributed by atoms with Gasteiger partial charge in [0.05, 0.1) is 38.8 Å². The van der Waals surface area contributed by atoms with Crippen LogP contribution in [0.15, 0.2) is 188 Å². The van der Waals surface area contributed by atoms with E-state index in [2.05, 4.69) is 176 Å². The molecule has 0 aliphatic carbocycles. The molecule has 7 heteroatoms. The van der Waals surface area contributed by atoms with E-state index in [4.69, 9.17) is 15.0 Å². The lowest BCUT2D eigenvalue weighted by atomic mass is 10.1. The molecule has 0 aliphatic rings. The highest BCUT2D eigenvalue weighted by Gasteiger charge is 2.22. The molecule has 0 unspecified atom stereocenters. The Morgan fingerprint density at radius 3 is 1.60 bits per heavy atom. The van der Waals surface area contributed by atoms with Crippen LogP contribution in [0.25, 0.3) is 106 Å². The first-order valence-corrected chi connectivity index (χ1v) is 19.1. The second-order valence-corrected chi connectivity index (χ2v) is 14.3. The van der Waals surface area contributed by atoms with Gasteiger partial charge in [0, 0.05) is 61.5 Å². The molecule has 5 aromatic heterocycles. The molecular weight excluding hydrogens is 699 g/mol. The van der Waals surface area contributed by atoms with E-state index < -0.39 is 0 Å². The summed E-state index contributed by atoms with van der Waals surface area (Å²) >= 11 is 0. The molecule has 7 nitrogen and oxygen atoms in total. The highest BCUT2D eigenvalue weighted by molar-refractivity contribution is 6.12. The third-order valence-corrected chi connectivity index (χ3v) is 11.2. The lowest BCUT2D eigenvalue weighted by molar-refractivity contribution is 0.951. The molecule has 0 bridgehead atoms. The summed E-state index contributed by atoms with van der Waals surface area (Å²) in [4.78, 5) is 20.3. The minimum absolute atomic E-state index is 0.552. The molecule has 0 spiro atoms. The number of fused-ring (bicyclic) bond motifs is 9. The Labute approximate surface area is 326 Å². The second kappa shape index (κ2) is 12.3. The minimum atomic E-state index is 0.552. The Hall–Kier alpha value is -7.90. The van der Waals surface area contributed by atoms with Crippen LogP contribution < -0.4 is 0 Å². The molecule has 0 saturated carbocycles. The standard InChI is InChI=1S/C50H31N7/c1-2-14-32(15-3-1)48-52-49(38-20-8-13-25-45(38)56-43-23-11-7-19-37(43)40-31-51-29-28-47(40)56)54-50(53-48)57-44-24-12-6-18-36(44)39-30-33(26-27-46(39)57)55-41-21-9-4-16-34(41)35-17-5-10-22-42(35)55/h1-31H. The number of nitrogens with zero attached hydrogens (tertiary/aromatic N) is 7. The third kappa shape index (κ3) is 4.72. The van der Waals surface area contributed by atoms with E-state index in [0.29, 0.717) is 17.6 Å². The zero-order chi connectivity index (χ0) is 37.5. The van der Waals surface area contributed by atoms with Gasteiger partial charge in [-0.25, -0.2) is 4.98 Å². The van der Waals surface area contributed by atoms with E-state index in [1.807, 2.05) is 30.6 Å². The zero-order valence-corrected chi connectivity index (χ0v) is 30.5. The molecule has 7 aromatic carbocycles. The normalized spacial score (nSPS) is 11.9. The van der Waals surface area contributed by atoms with Gasteiger partial charge < -0.3 is 9.13 Å². The molecule has 5 heterocycles. The molecule has 12 aromatic rings. The largest absolute Gasteiger partial charge is 0.309 e. The average molecular weight is 730 g/mol. The Morgan fingerprint density at radius 2 is 0.877 bits per heavy atom. The number of para-hydroxylation sites is 5. The summed E-state index contributed by atoms with van der Waals surface area (Å²) < 4.78 is 6.85. The summed E-state index contributed by atoms with van der Waals surface area (Å²) in [7, 11) is 0. The lowest BCUT2D eigenvalue weighted by Gasteiger charge is -2.15. The number of benzene rings is 7. The number of hydrogen-bond acceptors (Lipinski definition) is 4. The van der Waals surface area contributed by atoms with Crippen molar-refractivity contribution in [3.05, 3.63) is 188 Å². The molecule has 12 rings (SSSR count). The fourth-order valence-corrected chi connectivity index (χ4v) is 8.75. The summed E-state index contributed by atoms with van der Waals surface area (Å²) in [5, 5.41) is 6.95. The maximum Gasteiger partial charge on any atom is 0.238 e. The van der Waals surface area contributed by atoms with E-state index in [0.717, 1.165) is 66.1 Å². The molecular formula is C50H31N7. The van der Waals surface area contributed by atoms with Gasteiger partial charge in [-0.15, -0.1) is 0 Å². The van der Waals surface area contributed by atoms with Crippen molar-refractivity contribution in [1.82, 2.24) is 33.6 Å². The fraction of sp³-hybridized carbons (Fsp3) is 0. The first-order chi connectivity index (χ1) is 28.3. The van der Waals surface area contributed by atoms with Crippen molar-refractivity contribution in [3.8, 4) is 40.1 Å². The summed E-state index contributed by atoms with van der Waals surface area (Å²) in [6.07, 6.45) is 3.80. The molecule has 0 saturated heterocycles. The Morgan fingerprint density at radius 1 is 0.351 bits per heavy atom. The van der Waals surface area contributed by atoms with Crippen molar-refractivity contribution in [3.63, 3.8) is 0 Å². The summed E-state index contributed by atoms with van der Waals surface area (Å²) in [6.45, 7) is 0. The number of rotatable bonds is 5. The zero-order valence-electron chi connectivity index (χ0n) is 30.5. The average Bonchev–Trinajstić information content (AvgIpc) is 3.92. The second-order valence-electron chi connectivity index (χ2n) is 14.3. The van der Waals surface area contributed by atoms with Gasteiger partial charge in [0.15, 0.2) is 11.6 Å². The van der Waals surface area contributed by atoms with Crippen LogP contribution in [-0.4, -0.2) is 33.6 Å². The van der Waals surface area contributed by atoms with E-state index in [1.54, 1.807) is 0 Å². The van der Waals surface area contributed by atoms with E-state index in [9.17, 15) is 0 Å². The van der Waals surface area contributed by atoms with E-state index in [-0.39, 0.29) is 0 Å². The van der Waals surface area contributed by atoms with Crippen LogP contribution in [0.5, 0.6) is 0 Å². The van der Waals surface area contributed by atoms with Crippen LogP contribution >= 0.6 is 0 Å². The van der Waals surface area contributed by atoms with Gasteiger partial charge in [-0.2, -0.15) is 9.97 Å². The first-order valence-electron chi connectivity index (χ1n) is 19.1. The summed E-state index contributed by atoms with van der Waals surface area (Å²) in [5.74, 6) is 1.74. The molecule has 0 fully saturated rings. The Bertz CT molecular complexity index is 3430. The molecule has 0 aliphatic heterocycles. The third-order valence-electron chi connectivity index (χ3n) is 11.2. The van der Waals surface area contributed by atoms with Crippen molar-refractivity contribution in [2.24, 2.45) is 0 Å². The predicted molar refractivity (Wildman–Crippen MR) is 232 cm³/mol. The van der Waals surface area contributed by atoms with Crippen LogP contribution in [0.4, 0.5) is 0 Å². The topological polar surface area (TPSA) is 66.3 Å². The van der Waals surface area contributed by atoms with Gasteiger partial charge in [-0.05, 0) is 60.7 Å².